The van der Waals surface area contributed by atoms with Crippen molar-refractivity contribution in [3.63, 3.8) is 0 Å². The van der Waals surface area contributed by atoms with Gasteiger partial charge in [0.1, 0.15) is 18.1 Å². The topological polar surface area (TPSA) is 291 Å². The van der Waals surface area contributed by atoms with Crippen molar-refractivity contribution >= 4 is 73.3 Å². The van der Waals surface area contributed by atoms with Crippen LogP contribution >= 0.6 is 0 Å². The summed E-state index contributed by atoms with van der Waals surface area (Å²) in [4.78, 5) is 121. The van der Waals surface area contributed by atoms with Crippen LogP contribution in [0, 0.1) is 12.8 Å². The van der Waals surface area contributed by atoms with Crippen molar-refractivity contribution in [2.75, 3.05) is 30.3 Å². The van der Waals surface area contributed by atoms with Crippen molar-refractivity contribution in [2.24, 2.45) is 5.92 Å². The first-order valence-electron chi connectivity index (χ1n) is 21.2. The number of carboxylic acids is 2. The molecule has 20 nitrogen and oxygen atoms in total. The quantitative estimate of drug-likeness (QED) is 0.0433. The summed E-state index contributed by atoms with van der Waals surface area (Å²) in [6, 6.07) is 15.1. The van der Waals surface area contributed by atoms with E-state index in [2.05, 4.69) is 51.9 Å². The first kappa shape index (κ1) is 61.2. The van der Waals surface area contributed by atoms with E-state index >= 15 is 0 Å². The van der Waals surface area contributed by atoms with Crippen LogP contribution < -0.4 is 26.6 Å². The van der Waals surface area contributed by atoms with Crippen molar-refractivity contribution in [2.45, 2.75) is 103 Å². The summed E-state index contributed by atoms with van der Waals surface area (Å²) < 4.78 is 0. The number of pyridine rings is 1. The fourth-order valence-corrected chi connectivity index (χ4v) is 7.08. The monoisotopic (exact) mass is 1020 g/mol. The van der Waals surface area contributed by atoms with Crippen molar-refractivity contribution < 1.29 is 78.3 Å². The van der Waals surface area contributed by atoms with E-state index in [1.165, 1.54) is 0 Å². The van der Waals surface area contributed by atoms with Crippen LogP contribution in [0.3, 0.4) is 0 Å². The Hall–Kier alpha value is -6.79. The SMILES string of the molecule is Cc1ccccc1NC(=O)Nc1ccc(CC(=O)N[C@@H](CCCCN(CC(=O)O)Cc2ccccn2)C(=O)N[C@@H](CC(=O)O)C(=O)N[C@H](C(=O)N2CCC[C@H]2C)C(C)C)cc1.[C-]=O.[C-]=O.[CH+]=O.[Tc]. The van der Waals surface area contributed by atoms with E-state index in [-0.39, 0.29) is 63.9 Å². The molecule has 6 amide bonds. The molecule has 367 valence electrons. The molecule has 68 heavy (non-hydrogen) atoms. The minimum Gasteiger partial charge on any atom is -0.573 e. The Kier molecular flexibility index (Phi) is 30.3. The summed E-state index contributed by atoms with van der Waals surface area (Å²) in [7, 11) is 0. The van der Waals surface area contributed by atoms with Crippen LogP contribution in [0.15, 0.2) is 72.9 Å². The maximum Gasteiger partial charge on any atom is 0.490 e. The normalized spacial score (nSPS) is 13.7. The molecule has 0 spiro atoms. The zero-order valence-corrected chi connectivity index (χ0v) is 40.2. The molecule has 1 saturated heterocycles. The van der Waals surface area contributed by atoms with E-state index in [0.717, 1.165) is 18.4 Å². The zero-order chi connectivity index (χ0) is 50.5. The number of aryl methyl sites for hydroxylation is 1. The third-order valence-corrected chi connectivity index (χ3v) is 10.4. The van der Waals surface area contributed by atoms with Gasteiger partial charge in [-0.05, 0) is 99.9 Å². The number of carbonyl (C=O) groups excluding carboxylic acids is 8. The number of nitrogens with zero attached hydrogens (tertiary/aromatic N) is 3. The van der Waals surface area contributed by atoms with Crippen LogP contribution in [0.2, 0.25) is 0 Å². The molecule has 1 aromatic heterocycles. The molecule has 4 atom stereocenters. The molecule has 4 rings (SSSR count). The van der Waals surface area contributed by atoms with Crippen LogP contribution in [-0.4, -0.2) is 131 Å². The Bertz CT molecular complexity index is 2040. The molecule has 2 aromatic carbocycles. The van der Waals surface area contributed by atoms with Gasteiger partial charge in [-0.15, -0.1) is 0 Å². The number of para-hydroxylation sites is 1. The molecular formula is C47H59N8O12Tc-. The number of anilines is 2. The second-order valence-electron chi connectivity index (χ2n) is 15.7. The van der Waals surface area contributed by atoms with Gasteiger partial charge < -0.3 is 64.9 Å². The van der Waals surface area contributed by atoms with Crippen LogP contribution in [0.25, 0.3) is 0 Å². The number of amides is 6. The number of benzene rings is 2. The Morgan fingerprint density at radius 3 is 2.01 bits per heavy atom. The number of nitrogens with one attached hydrogen (secondary N) is 5. The van der Waals surface area contributed by atoms with E-state index in [0.29, 0.717) is 48.6 Å². The smallest absolute Gasteiger partial charge is 0.490 e. The van der Waals surface area contributed by atoms with E-state index in [1.807, 2.05) is 32.0 Å². The molecular weight excluding hydrogens is 967 g/mol. The number of likely N-dealkylation sites (tertiary alicyclic amines) is 1. The van der Waals surface area contributed by atoms with E-state index < -0.39 is 60.2 Å². The minimum atomic E-state index is -1.57. The average Bonchev–Trinajstić information content (AvgIpc) is 3.74. The van der Waals surface area contributed by atoms with E-state index in [4.69, 9.17) is 14.4 Å². The average molecular weight is 1030 g/mol. The predicted molar refractivity (Wildman–Crippen MR) is 246 cm³/mol. The van der Waals surface area contributed by atoms with Gasteiger partial charge in [0.05, 0.1) is 25.1 Å². The molecule has 7 N–H and O–H groups in total. The molecule has 0 bridgehead atoms. The Balaban J connectivity index is 0.00000616. The van der Waals surface area contributed by atoms with Gasteiger partial charge in [-0.2, -0.15) is 0 Å². The van der Waals surface area contributed by atoms with Crippen molar-refractivity contribution in [1.82, 2.24) is 30.7 Å². The van der Waals surface area contributed by atoms with Gasteiger partial charge in [0, 0.05) is 61.6 Å². The molecule has 0 unspecified atom stereocenters. The minimum absolute atomic E-state index is 0. The van der Waals surface area contributed by atoms with Crippen LogP contribution in [0.5, 0.6) is 0 Å². The number of aliphatic carboxylic acids is 2. The summed E-state index contributed by atoms with van der Waals surface area (Å²) in [5.74, 6) is -5.19. The fourth-order valence-electron chi connectivity index (χ4n) is 7.08. The summed E-state index contributed by atoms with van der Waals surface area (Å²) in [6.07, 6.45) is 3.18. The van der Waals surface area contributed by atoms with Gasteiger partial charge in [-0.25, -0.2) is 4.79 Å². The third kappa shape index (κ3) is 22.1. The zero-order valence-electron chi connectivity index (χ0n) is 38.4. The number of carboxylic acid groups (broad SMARTS) is 2. The van der Waals surface area contributed by atoms with Gasteiger partial charge >= 0.3 is 24.8 Å². The van der Waals surface area contributed by atoms with Gasteiger partial charge in [-0.1, -0.05) is 50.2 Å². The number of aromatic nitrogens is 1. The number of hydrogen-bond donors (Lipinski definition) is 7. The summed E-state index contributed by atoms with van der Waals surface area (Å²) in [5, 5.41) is 32.7. The van der Waals surface area contributed by atoms with Gasteiger partial charge in [0.2, 0.25) is 23.6 Å². The predicted octanol–water partition coefficient (Wildman–Crippen LogP) is 2.86. The maximum absolute atomic E-state index is 13.9. The van der Waals surface area contributed by atoms with E-state index in [1.54, 1.807) is 78.4 Å². The second kappa shape index (κ2) is 33.6. The molecule has 1 aliphatic rings. The van der Waals surface area contributed by atoms with Gasteiger partial charge in [0.15, 0.2) is 0 Å². The summed E-state index contributed by atoms with van der Waals surface area (Å²) in [6.45, 7) is 20.5. The Labute approximate surface area is 410 Å². The van der Waals surface area contributed by atoms with Crippen LogP contribution in [0.1, 0.15) is 76.1 Å². The van der Waals surface area contributed by atoms with Gasteiger partial charge in [-0.3, -0.25) is 38.7 Å². The molecule has 3 aromatic rings. The summed E-state index contributed by atoms with van der Waals surface area (Å²) >= 11 is 0. The van der Waals surface area contributed by atoms with Crippen molar-refractivity contribution in [1.29, 1.82) is 0 Å². The molecule has 21 heteroatoms. The number of carbonyl (C=O) groups is 7. The number of rotatable bonds is 22. The fraction of sp³-hybridized carbons (Fsp3) is 0.426. The van der Waals surface area contributed by atoms with E-state index in [9.17, 15) is 43.8 Å². The Morgan fingerprint density at radius 1 is 0.824 bits per heavy atom. The molecule has 2 heterocycles. The summed E-state index contributed by atoms with van der Waals surface area (Å²) in [5.41, 5.74) is 3.28. The van der Waals surface area contributed by atoms with Crippen molar-refractivity contribution in [3.05, 3.63) is 89.7 Å². The standard InChI is InChI=1S/C44H58N8O9.CHO.2CO.Tc/c1-28(2)40(43(60)52-23-11-13-30(52)4)50-42(59)36(25-38(54)55)48-41(58)35(16-8-10-22-51(27-39(56)57)26-33-14-7-9-21-45-33)47-37(53)24-31-17-19-32(20-18-31)46-44(61)49-34-15-6-5-12-29(34)3;3*1-2;/h5-7,9,12,14-15,17-21,28,30,35-36,40H,8,10-11,13,16,22-27H2,1-4H3,(H,47,53)(H,48,58)(H,50,59)(H,54,55)(H,56,57)(H2,46,49,61);1H;;;/q;+1;2*-1;/t30-,35+,36+,40+;;;;/m1..../s1. The van der Waals surface area contributed by atoms with Gasteiger partial charge in [0.25, 0.3) is 0 Å². The Morgan fingerprint density at radius 2 is 1.46 bits per heavy atom. The number of unbranched alkanes of at least 4 members (excludes halogenated alkanes) is 1. The second-order valence-corrected chi connectivity index (χ2v) is 15.7. The first-order chi connectivity index (χ1) is 32.1. The molecule has 3 radical (unpaired) electrons. The van der Waals surface area contributed by atoms with Crippen LogP contribution in [0.4, 0.5) is 16.2 Å². The molecule has 0 aliphatic carbocycles. The number of hydrogen-bond acceptors (Lipinski definition) is 12. The molecule has 0 saturated carbocycles. The molecule has 1 fully saturated rings. The molecule has 1 aliphatic heterocycles. The first-order valence-corrected chi connectivity index (χ1v) is 21.2. The van der Waals surface area contributed by atoms with Crippen molar-refractivity contribution in [3.8, 4) is 0 Å². The largest absolute Gasteiger partial charge is 0.573 e. The number of urea groups is 1. The third-order valence-electron chi connectivity index (χ3n) is 10.4. The van der Waals surface area contributed by atoms with Crippen LogP contribution in [-0.2, 0) is 76.2 Å². The maximum atomic E-state index is 13.9.